The van der Waals surface area contributed by atoms with Crippen LogP contribution in [0, 0.1) is 0 Å². The molecular formula is C16H13N5O3. The Morgan fingerprint density at radius 3 is 2.71 bits per heavy atom. The van der Waals surface area contributed by atoms with Gasteiger partial charge in [-0.15, -0.1) is 0 Å². The van der Waals surface area contributed by atoms with E-state index in [-0.39, 0.29) is 18.0 Å². The molecule has 2 aromatic rings. The number of nitrogens with one attached hydrogen (secondary N) is 1. The Morgan fingerprint density at radius 2 is 1.92 bits per heavy atom. The third-order valence-electron chi connectivity index (χ3n) is 3.87. The fourth-order valence-corrected chi connectivity index (χ4v) is 2.53. The molecule has 3 amide bonds. The van der Waals surface area contributed by atoms with Crippen LogP contribution < -0.4 is 21.6 Å². The van der Waals surface area contributed by atoms with Gasteiger partial charge in [0, 0.05) is 17.7 Å². The number of hydrogen-bond donors (Lipinski definition) is 1. The maximum atomic E-state index is 12.2. The summed E-state index contributed by atoms with van der Waals surface area (Å²) in [5.74, 6) is 0.0262. The largest absolute Gasteiger partial charge is 0.368 e. The van der Waals surface area contributed by atoms with Crippen LogP contribution in [0.15, 0.2) is 45.1 Å². The van der Waals surface area contributed by atoms with E-state index in [1.165, 1.54) is 10.7 Å². The number of aromatic nitrogens is 2. The van der Waals surface area contributed by atoms with Gasteiger partial charge < -0.3 is 5.32 Å². The molecule has 0 atom stereocenters. The number of fused-ring (bicyclic) bond motifs is 1. The van der Waals surface area contributed by atoms with Gasteiger partial charge in [-0.05, 0) is 37.1 Å². The Kier molecular flexibility index (Phi) is 3.30. The van der Waals surface area contributed by atoms with Crippen LogP contribution >= 0.6 is 0 Å². The van der Waals surface area contributed by atoms with Gasteiger partial charge in [0.15, 0.2) is 0 Å². The number of nitrogens with zero attached hydrogens (tertiary/aromatic N) is 4. The van der Waals surface area contributed by atoms with Crippen molar-refractivity contribution in [3.8, 4) is 0 Å². The third kappa shape index (κ3) is 2.85. The minimum atomic E-state index is -0.555. The van der Waals surface area contributed by atoms with E-state index in [4.69, 9.17) is 0 Å². The van der Waals surface area contributed by atoms with Crippen molar-refractivity contribution in [1.29, 1.82) is 0 Å². The zero-order valence-electron chi connectivity index (χ0n) is 12.6. The normalized spacial score (nSPS) is 15.4. The van der Waals surface area contributed by atoms with Gasteiger partial charge in [-0.25, -0.2) is 9.48 Å². The van der Waals surface area contributed by atoms with Crippen molar-refractivity contribution in [3.63, 3.8) is 0 Å². The molecule has 120 valence electrons. The molecule has 0 unspecified atom stereocenters. The average molecular weight is 323 g/mol. The summed E-state index contributed by atoms with van der Waals surface area (Å²) in [6.45, 7) is -0.170. The predicted molar refractivity (Wildman–Crippen MR) is 83.3 cm³/mol. The quantitative estimate of drug-likeness (QED) is 0.863. The van der Waals surface area contributed by atoms with E-state index in [1.54, 1.807) is 24.3 Å². The summed E-state index contributed by atoms with van der Waals surface area (Å²) >= 11 is 0. The highest BCUT2D eigenvalue weighted by atomic mass is 16.2. The third-order valence-corrected chi connectivity index (χ3v) is 3.87. The minimum absolute atomic E-state index is 0.170. The molecule has 8 heteroatoms. The van der Waals surface area contributed by atoms with Gasteiger partial charge in [0.05, 0.1) is 16.4 Å². The van der Waals surface area contributed by atoms with Crippen LogP contribution in [-0.2, 0) is 11.3 Å². The van der Waals surface area contributed by atoms with Crippen molar-refractivity contribution in [2.24, 2.45) is 9.98 Å². The van der Waals surface area contributed by atoms with E-state index < -0.39 is 6.03 Å². The molecule has 4 rings (SSSR count). The average Bonchev–Trinajstić information content (AvgIpc) is 3.31. The van der Waals surface area contributed by atoms with Gasteiger partial charge in [-0.2, -0.15) is 15.1 Å². The lowest BCUT2D eigenvalue weighted by Crippen LogP contribution is -2.30. The van der Waals surface area contributed by atoms with Crippen LogP contribution in [-0.4, -0.2) is 21.7 Å². The molecule has 24 heavy (non-hydrogen) atoms. The molecule has 0 bridgehead atoms. The molecule has 1 aromatic heterocycles. The molecule has 0 saturated heterocycles. The summed E-state index contributed by atoms with van der Waals surface area (Å²) in [6.07, 6.45) is 2.14. The molecular weight excluding hydrogens is 310 g/mol. The molecule has 1 saturated carbocycles. The summed E-state index contributed by atoms with van der Waals surface area (Å²) in [6, 6.07) is 7.41. The molecule has 8 nitrogen and oxygen atoms in total. The first kappa shape index (κ1) is 14.4. The van der Waals surface area contributed by atoms with Crippen molar-refractivity contribution in [2.45, 2.75) is 25.3 Å². The van der Waals surface area contributed by atoms with Gasteiger partial charge in [-0.3, -0.25) is 9.59 Å². The fourth-order valence-electron chi connectivity index (χ4n) is 2.53. The molecule has 1 fully saturated rings. The zero-order valence-corrected chi connectivity index (χ0v) is 12.6. The maximum absolute atomic E-state index is 12.2. The number of urea groups is 1. The molecule has 2 aliphatic rings. The first-order valence-corrected chi connectivity index (χ1v) is 7.58. The number of carbonyl (C=O) groups excluding carboxylic acids is 2. The fraction of sp³-hybridized carbons (Fsp3) is 0.250. The van der Waals surface area contributed by atoms with Crippen LogP contribution in [0.1, 0.15) is 24.5 Å². The van der Waals surface area contributed by atoms with Gasteiger partial charge in [0.25, 0.3) is 5.56 Å². The van der Waals surface area contributed by atoms with Crippen LogP contribution in [0.5, 0.6) is 0 Å². The summed E-state index contributed by atoms with van der Waals surface area (Å²) < 4.78 is 1.17. The highest BCUT2D eigenvalue weighted by Gasteiger charge is 2.25. The van der Waals surface area contributed by atoms with E-state index in [9.17, 15) is 14.4 Å². The van der Waals surface area contributed by atoms with Crippen molar-refractivity contribution < 1.29 is 9.59 Å². The van der Waals surface area contributed by atoms with Crippen LogP contribution in [0.25, 0.3) is 0 Å². The molecule has 1 N–H and O–H groups in total. The first-order chi connectivity index (χ1) is 11.6. The second kappa shape index (κ2) is 5.48. The Balaban J connectivity index is 1.52. The lowest BCUT2D eigenvalue weighted by Gasteiger charge is -2.07. The van der Waals surface area contributed by atoms with Gasteiger partial charge in [-0.1, -0.05) is 0 Å². The number of benzene rings is 1. The summed E-state index contributed by atoms with van der Waals surface area (Å²) in [4.78, 5) is 42.6. The highest BCUT2D eigenvalue weighted by molar-refractivity contribution is 5.90. The predicted octanol–water partition coefficient (Wildman–Crippen LogP) is 0.132. The Bertz CT molecular complexity index is 1040. The van der Waals surface area contributed by atoms with Crippen molar-refractivity contribution >= 4 is 17.6 Å². The number of carbonyl (C=O) groups is 2. The zero-order chi connectivity index (χ0) is 16.7. The smallest absolute Gasteiger partial charge is 0.324 e. The monoisotopic (exact) mass is 323 g/mol. The van der Waals surface area contributed by atoms with Crippen LogP contribution in [0.4, 0.5) is 10.5 Å². The van der Waals surface area contributed by atoms with Crippen molar-refractivity contribution in [1.82, 2.24) is 9.78 Å². The Labute approximate surface area is 135 Å². The SMILES string of the molecule is O=C1N=c2ccc(NC(=O)Cn3nc(C4CC4)ccc3=O)cc2=N1. The summed E-state index contributed by atoms with van der Waals surface area (Å²) in [5, 5.41) is 7.82. The molecule has 2 heterocycles. The van der Waals surface area contributed by atoms with Gasteiger partial charge in [0.1, 0.15) is 6.54 Å². The van der Waals surface area contributed by atoms with E-state index in [1.807, 2.05) is 0 Å². The summed E-state index contributed by atoms with van der Waals surface area (Å²) in [5.41, 5.74) is 1.01. The molecule has 1 aromatic carbocycles. The van der Waals surface area contributed by atoms with Crippen LogP contribution in [0.2, 0.25) is 0 Å². The van der Waals surface area contributed by atoms with Crippen molar-refractivity contribution in [2.75, 3.05) is 5.32 Å². The van der Waals surface area contributed by atoms with E-state index in [2.05, 4.69) is 20.4 Å². The number of rotatable bonds is 4. The number of anilines is 1. The lowest BCUT2D eigenvalue weighted by atomic mass is 10.3. The maximum Gasteiger partial charge on any atom is 0.368 e. The molecule has 1 aliphatic heterocycles. The topological polar surface area (TPSA) is 106 Å². The molecule has 0 radical (unpaired) electrons. The lowest BCUT2D eigenvalue weighted by molar-refractivity contribution is -0.117. The number of hydrogen-bond acceptors (Lipinski definition) is 4. The molecule has 1 aliphatic carbocycles. The van der Waals surface area contributed by atoms with E-state index >= 15 is 0 Å². The molecule has 0 spiro atoms. The van der Waals surface area contributed by atoms with E-state index in [0.717, 1.165) is 18.5 Å². The van der Waals surface area contributed by atoms with Crippen LogP contribution in [0.3, 0.4) is 0 Å². The minimum Gasteiger partial charge on any atom is -0.324 e. The van der Waals surface area contributed by atoms with Crippen molar-refractivity contribution in [3.05, 3.63) is 57.1 Å². The Hall–Kier alpha value is -3.16. The standard InChI is InChI=1S/C16H13N5O3/c22-14(8-21-15(23)6-5-11(20-21)9-1-2-9)17-10-3-4-12-13(7-10)19-16(24)18-12/h3-7,9H,1-2,8H2,(H,17,22). The number of amides is 3. The van der Waals surface area contributed by atoms with E-state index in [0.29, 0.717) is 22.3 Å². The van der Waals surface area contributed by atoms with Gasteiger partial charge >= 0.3 is 6.03 Å². The summed E-state index contributed by atoms with van der Waals surface area (Å²) in [7, 11) is 0. The first-order valence-electron chi connectivity index (χ1n) is 7.58. The van der Waals surface area contributed by atoms with Gasteiger partial charge in [0.2, 0.25) is 5.91 Å². The highest BCUT2D eigenvalue weighted by Crippen LogP contribution is 2.38. The Morgan fingerprint density at radius 1 is 1.12 bits per heavy atom. The second-order valence-corrected chi connectivity index (χ2v) is 5.79. The second-order valence-electron chi connectivity index (χ2n) is 5.79.